The van der Waals surface area contributed by atoms with Crippen LogP contribution < -0.4 is 9.47 Å². The maximum Gasteiger partial charge on any atom is 0.336 e. The summed E-state index contributed by atoms with van der Waals surface area (Å²) in [7, 11) is 0. The molecule has 0 heterocycles. The Hall–Kier alpha value is -4.78. The molecular formula is C29H23FO6. The predicted octanol–water partition coefficient (Wildman–Crippen LogP) is 5.47. The third-order valence-corrected chi connectivity index (χ3v) is 4.92. The van der Waals surface area contributed by atoms with Crippen molar-refractivity contribution >= 4 is 24.0 Å². The Kier molecular flexibility index (Phi) is 9.06. The second-order valence-electron chi connectivity index (χ2n) is 7.41. The summed E-state index contributed by atoms with van der Waals surface area (Å²) in [5.74, 6) is -1.54. The number of esters is 3. The molecule has 6 nitrogen and oxygen atoms in total. The van der Waals surface area contributed by atoms with Crippen LogP contribution in [0.1, 0.15) is 11.1 Å². The fraction of sp³-hybridized carbons (Fsp3) is 0.0690. The lowest BCUT2D eigenvalue weighted by Gasteiger charge is -2.06. The second kappa shape index (κ2) is 12.6. The predicted molar refractivity (Wildman–Crippen MR) is 134 cm³/mol. The van der Waals surface area contributed by atoms with Gasteiger partial charge in [-0.2, -0.15) is 0 Å². The van der Waals surface area contributed by atoms with Crippen LogP contribution in [0.25, 0.3) is 17.2 Å². The van der Waals surface area contributed by atoms with E-state index >= 15 is 0 Å². The molecule has 0 bridgehead atoms. The minimum Gasteiger partial charge on any atom is -0.462 e. The molecule has 0 aromatic heterocycles. The van der Waals surface area contributed by atoms with Gasteiger partial charge in [0.15, 0.2) is 0 Å². The van der Waals surface area contributed by atoms with Gasteiger partial charge in [0, 0.05) is 30.2 Å². The zero-order valence-electron chi connectivity index (χ0n) is 19.3. The number of benzene rings is 3. The van der Waals surface area contributed by atoms with Crippen molar-refractivity contribution in [1.29, 1.82) is 0 Å². The molecular weight excluding hydrogens is 463 g/mol. The molecule has 0 amide bonds. The molecule has 36 heavy (non-hydrogen) atoms. The first-order valence-electron chi connectivity index (χ1n) is 10.9. The summed E-state index contributed by atoms with van der Waals surface area (Å²) in [6.07, 6.45) is 5.15. The van der Waals surface area contributed by atoms with Gasteiger partial charge >= 0.3 is 17.9 Å². The first kappa shape index (κ1) is 25.8. The van der Waals surface area contributed by atoms with Crippen LogP contribution in [0.3, 0.4) is 0 Å². The maximum absolute atomic E-state index is 14.6. The lowest BCUT2D eigenvalue weighted by Crippen LogP contribution is -2.05. The molecule has 182 valence electrons. The third-order valence-electron chi connectivity index (χ3n) is 4.92. The van der Waals surface area contributed by atoms with Gasteiger partial charge in [-0.25, -0.2) is 18.8 Å². The smallest absolute Gasteiger partial charge is 0.336 e. The average molecular weight is 486 g/mol. The van der Waals surface area contributed by atoms with Crippen molar-refractivity contribution in [3.8, 4) is 22.6 Å². The van der Waals surface area contributed by atoms with Gasteiger partial charge in [0.25, 0.3) is 0 Å². The van der Waals surface area contributed by atoms with E-state index in [2.05, 4.69) is 13.2 Å². The Balaban J connectivity index is 1.56. The number of ether oxygens (including phenoxy) is 3. The summed E-state index contributed by atoms with van der Waals surface area (Å²) in [4.78, 5) is 34.5. The highest BCUT2D eigenvalue weighted by atomic mass is 19.1. The monoisotopic (exact) mass is 486 g/mol. The largest absolute Gasteiger partial charge is 0.462 e. The van der Waals surface area contributed by atoms with Gasteiger partial charge in [-0.1, -0.05) is 49.6 Å². The lowest BCUT2D eigenvalue weighted by atomic mass is 10.0. The molecule has 3 aromatic rings. The van der Waals surface area contributed by atoms with Crippen LogP contribution in [0.2, 0.25) is 0 Å². The van der Waals surface area contributed by atoms with Crippen LogP contribution in [0, 0.1) is 5.82 Å². The van der Waals surface area contributed by atoms with Crippen molar-refractivity contribution in [2.45, 2.75) is 6.42 Å². The fourth-order valence-electron chi connectivity index (χ4n) is 3.08. The van der Waals surface area contributed by atoms with Crippen LogP contribution in [0.4, 0.5) is 4.39 Å². The summed E-state index contributed by atoms with van der Waals surface area (Å²) in [5.41, 5.74) is 2.46. The van der Waals surface area contributed by atoms with E-state index in [1.54, 1.807) is 60.7 Å². The van der Waals surface area contributed by atoms with Crippen molar-refractivity contribution < 1.29 is 33.0 Å². The van der Waals surface area contributed by atoms with E-state index in [4.69, 9.17) is 14.2 Å². The molecule has 0 saturated heterocycles. The van der Waals surface area contributed by atoms with Crippen LogP contribution in [0.5, 0.6) is 11.5 Å². The van der Waals surface area contributed by atoms with Gasteiger partial charge in [0.05, 0.1) is 6.61 Å². The molecule has 0 unspecified atom stereocenters. The molecule has 3 aromatic carbocycles. The summed E-state index contributed by atoms with van der Waals surface area (Å²) in [6.45, 7) is 6.88. The summed E-state index contributed by atoms with van der Waals surface area (Å²) in [6, 6.07) is 18.0. The van der Waals surface area contributed by atoms with Gasteiger partial charge in [-0.3, -0.25) is 0 Å². The Morgan fingerprint density at radius 2 is 1.33 bits per heavy atom. The Morgan fingerprint density at radius 1 is 0.750 bits per heavy atom. The third kappa shape index (κ3) is 7.63. The number of hydrogen-bond acceptors (Lipinski definition) is 6. The molecule has 0 radical (unpaired) electrons. The van der Waals surface area contributed by atoms with Crippen molar-refractivity contribution in [3.63, 3.8) is 0 Å². The standard InChI is InChI=1S/C29H23FO6/c1-3-27(31)34-18-17-20-5-12-24(13-6-20)36-29(33)16-11-22-7-8-23(19-26(22)30)21-9-14-25(15-10-21)35-28(32)4-2/h3-16,19H,1-2,17-18H2. The number of carbonyl (C=O) groups excluding carboxylic acids is 3. The molecule has 0 fully saturated rings. The van der Waals surface area contributed by atoms with E-state index < -0.39 is 23.7 Å². The van der Waals surface area contributed by atoms with Gasteiger partial charge in [0.1, 0.15) is 17.3 Å². The van der Waals surface area contributed by atoms with Crippen molar-refractivity contribution in [2.24, 2.45) is 0 Å². The minimum atomic E-state index is -0.657. The number of hydrogen-bond donors (Lipinski definition) is 0. The first-order valence-corrected chi connectivity index (χ1v) is 10.9. The van der Waals surface area contributed by atoms with E-state index in [0.717, 1.165) is 29.4 Å². The summed E-state index contributed by atoms with van der Waals surface area (Å²) >= 11 is 0. The fourth-order valence-corrected chi connectivity index (χ4v) is 3.08. The number of halogens is 1. The Labute approximate surface area is 207 Å². The van der Waals surface area contributed by atoms with Crippen LogP contribution in [-0.4, -0.2) is 24.5 Å². The van der Waals surface area contributed by atoms with E-state index in [1.807, 2.05) is 0 Å². The van der Waals surface area contributed by atoms with E-state index in [9.17, 15) is 18.8 Å². The number of carbonyl (C=O) groups is 3. The average Bonchev–Trinajstić information content (AvgIpc) is 2.89. The zero-order valence-corrected chi connectivity index (χ0v) is 19.3. The highest BCUT2D eigenvalue weighted by Gasteiger charge is 2.07. The van der Waals surface area contributed by atoms with Crippen LogP contribution >= 0.6 is 0 Å². The molecule has 3 rings (SSSR count). The van der Waals surface area contributed by atoms with E-state index in [1.165, 1.54) is 12.1 Å². The number of rotatable bonds is 10. The molecule has 7 heteroatoms. The van der Waals surface area contributed by atoms with Gasteiger partial charge in [-0.15, -0.1) is 0 Å². The first-order chi connectivity index (χ1) is 17.4. The zero-order chi connectivity index (χ0) is 25.9. The van der Waals surface area contributed by atoms with Crippen molar-refractivity contribution in [1.82, 2.24) is 0 Å². The van der Waals surface area contributed by atoms with E-state index in [-0.39, 0.29) is 12.2 Å². The summed E-state index contributed by atoms with van der Waals surface area (Å²) < 4.78 is 29.8. The topological polar surface area (TPSA) is 78.9 Å². The highest BCUT2D eigenvalue weighted by molar-refractivity contribution is 5.89. The van der Waals surface area contributed by atoms with E-state index in [0.29, 0.717) is 23.5 Å². The van der Waals surface area contributed by atoms with Gasteiger partial charge < -0.3 is 14.2 Å². The molecule has 0 aliphatic carbocycles. The Bertz CT molecular complexity index is 1290. The minimum absolute atomic E-state index is 0.216. The molecule has 0 aliphatic heterocycles. The van der Waals surface area contributed by atoms with Gasteiger partial charge in [0.2, 0.25) is 0 Å². The lowest BCUT2D eigenvalue weighted by molar-refractivity contribution is -0.137. The highest BCUT2D eigenvalue weighted by Crippen LogP contribution is 2.25. The SMILES string of the molecule is C=CC(=O)OCCc1ccc(OC(=O)C=Cc2ccc(-c3ccc(OC(=O)C=C)cc3)cc2F)cc1. The molecule has 0 spiro atoms. The molecule has 0 atom stereocenters. The van der Waals surface area contributed by atoms with Crippen molar-refractivity contribution in [3.05, 3.63) is 115 Å². The van der Waals surface area contributed by atoms with Crippen LogP contribution in [-0.2, 0) is 25.5 Å². The second-order valence-corrected chi connectivity index (χ2v) is 7.41. The quantitative estimate of drug-likeness (QED) is 0.215. The maximum atomic E-state index is 14.6. The molecule has 0 aliphatic rings. The van der Waals surface area contributed by atoms with Gasteiger partial charge in [-0.05, 0) is 53.1 Å². The summed E-state index contributed by atoms with van der Waals surface area (Å²) in [5, 5.41) is 0. The van der Waals surface area contributed by atoms with Crippen molar-refractivity contribution in [2.75, 3.05) is 6.61 Å². The normalized spacial score (nSPS) is 10.5. The van der Waals surface area contributed by atoms with Crippen LogP contribution in [0.15, 0.2) is 98.1 Å². The molecule has 0 saturated carbocycles. The Morgan fingerprint density at radius 3 is 1.94 bits per heavy atom. The molecule has 0 N–H and O–H groups in total.